The van der Waals surface area contributed by atoms with Crippen LogP contribution in [0.1, 0.15) is 12.8 Å². The van der Waals surface area contributed by atoms with E-state index in [4.69, 9.17) is 6.42 Å². The van der Waals surface area contributed by atoms with E-state index >= 15 is 0 Å². The Morgan fingerprint density at radius 1 is 1.89 bits per heavy atom. The van der Waals surface area contributed by atoms with Crippen LogP contribution in [-0.4, -0.2) is 12.6 Å². The fourth-order valence-electron chi connectivity index (χ4n) is 0.865. The van der Waals surface area contributed by atoms with E-state index in [0.717, 1.165) is 6.42 Å². The van der Waals surface area contributed by atoms with E-state index < -0.39 is 0 Å². The van der Waals surface area contributed by atoms with Crippen LogP contribution in [-0.2, 0) is 9.53 Å². The van der Waals surface area contributed by atoms with Crippen LogP contribution in [0.2, 0.25) is 0 Å². The monoisotopic (exact) mass is 124 g/mol. The molecule has 0 spiro atoms. The third-order valence-corrected chi connectivity index (χ3v) is 1.41. The molecule has 1 heterocycles. The second-order valence-electron chi connectivity index (χ2n) is 2.06. The van der Waals surface area contributed by atoms with Crippen molar-refractivity contribution in [1.29, 1.82) is 0 Å². The van der Waals surface area contributed by atoms with Gasteiger partial charge < -0.3 is 4.74 Å². The van der Waals surface area contributed by atoms with Crippen LogP contribution in [0, 0.1) is 18.3 Å². The molecule has 2 nitrogen and oxygen atoms in total. The largest absolute Gasteiger partial charge is 0.465 e. The molecule has 1 unspecified atom stereocenters. The summed E-state index contributed by atoms with van der Waals surface area (Å²) in [7, 11) is 0. The van der Waals surface area contributed by atoms with Crippen molar-refractivity contribution in [1.82, 2.24) is 0 Å². The summed E-state index contributed by atoms with van der Waals surface area (Å²) in [6.45, 7) is 0.547. The SMILES string of the molecule is C#CCC1CCOC1=O. The summed E-state index contributed by atoms with van der Waals surface area (Å²) >= 11 is 0. The van der Waals surface area contributed by atoms with Gasteiger partial charge >= 0.3 is 5.97 Å². The average molecular weight is 124 g/mol. The first-order chi connectivity index (χ1) is 4.34. The first kappa shape index (κ1) is 6.15. The molecule has 1 saturated heterocycles. The molecule has 0 aliphatic carbocycles. The maximum atomic E-state index is 10.6. The Bertz CT molecular complexity index is 155. The minimum absolute atomic E-state index is 0.0185. The molecule has 0 amide bonds. The van der Waals surface area contributed by atoms with Gasteiger partial charge in [0.2, 0.25) is 0 Å². The number of cyclic esters (lactones) is 1. The van der Waals surface area contributed by atoms with E-state index in [1.165, 1.54) is 0 Å². The second kappa shape index (κ2) is 2.54. The van der Waals surface area contributed by atoms with Crippen molar-refractivity contribution in [2.45, 2.75) is 12.8 Å². The highest BCUT2D eigenvalue weighted by atomic mass is 16.5. The Labute approximate surface area is 54.2 Å². The first-order valence-electron chi connectivity index (χ1n) is 2.94. The molecule has 0 aromatic rings. The van der Waals surface area contributed by atoms with Crippen LogP contribution in [0.3, 0.4) is 0 Å². The molecule has 9 heavy (non-hydrogen) atoms. The Morgan fingerprint density at radius 3 is 3.11 bits per heavy atom. The highest BCUT2D eigenvalue weighted by Gasteiger charge is 2.24. The van der Waals surface area contributed by atoms with E-state index in [1.807, 2.05) is 0 Å². The third kappa shape index (κ3) is 1.23. The van der Waals surface area contributed by atoms with Gasteiger partial charge in [-0.1, -0.05) is 0 Å². The minimum atomic E-state index is -0.132. The molecule has 0 bridgehead atoms. The topological polar surface area (TPSA) is 26.3 Å². The van der Waals surface area contributed by atoms with Gasteiger partial charge in [-0.15, -0.1) is 12.3 Å². The molecular formula is C7H8O2. The molecule has 0 saturated carbocycles. The number of rotatable bonds is 1. The number of hydrogen-bond donors (Lipinski definition) is 0. The van der Waals surface area contributed by atoms with Crippen molar-refractivity contribution in [2.75, 3.05) is 6.61 Å². The zero-order valence-electron chi connectivity index (χ0n) is 5.09. The Kier molecular flexibility index (Phi) is 1.74. The first-order valence-corrected chi connectivity index (χ1v) is 2.94. The van der Waals surface area contributed by atoms with E-state index in [-0.39, 0.29) is 11.9 Å². The van der Waals surface area contributed by atoms with Gasteiger partial charge in [0.15, 0.2) is 0 Å². The van der Waals surface area contributed by atoms with Gasteiger partial charge in [0.05, 0.1) is 12.5 Å². The molecule has 2 heteroatoms. The van der Waals surface area contributed by atoms with E-state index in [1.54, 1.807) is 0 Å². The van der Waals surface area contributed by atoms with Crippen LogP contribution in [0.4, 0.5) is 0 Å². The van der Waals surface area contributed by atoms with E-state index in [2.05, 4.69) is 10.7 Å². The third-order valence-electron chi connectivity index (χ3n) is 1.41. The molecule has 1 rings (SSSR count). The van der Waals surface area contributed by atoms with Crippen molar-refractivity contribution in [2.24, 2.45) is 5.92 Å². The molecule has 0 N–H and O–H groups in total. The van der Waals surface area contributed by atoms with E-state index in [0.29, 0.717) is 13.0 Å². The van der Waals surface area contributed by atoms with Crippen molar-refractivity contribution in [3.63, 3.8) is 0 Å². The Hall–Kier alpha value is -0.970. The zero-order valence-corrected chi connectivity index (χ0v) is 5.09. The Balaban J connectivity index is 2.42. The smallest absolute Gasteiger partial charge is 0.310 e. The molecule has 0 aromatic heterocycles. The summed E-state index contributed by atoms with van der Waals surface area (Å²) in [5, 5.41) is 0. The van der Waals surface area contributed by atoms with Crippen LogP contribution in [0.15, 0.2) is 0 Å². The van der Waals surface area contributed by atoms with Gasteiger partial charge in [0.1, 0.15) is 0 Å². The summed E-state index contributed by atoms with van der Waals surface area (Å²) in [4.78, 5) is 10.6. The normalized spacial score (nSPS) is 25.2. The van der Waals surface area contributed by atoms with Crippen molar-refractivity contribution >= 4 is 5.97 Å². The lowest BCUT2D eigenvalue weighted by molar-refractivity contribution is -0.141. The van der Waals surface area contributed by atoms with E-state index in [9.17, 15) is 4.79 Å². The van der Waals surface area contributed by atoms with Crippen LogP contribution < -0.4 is 0 Å². The molecule has 1 atom stereocenters. The number of ether oxygens (including phenoxy) is 1. The lowest BCUT2D eigenvalue weighted by atomic mass is 10.1. The number of carbonyl (C=O) groups excluding carboxylic acids is 1. The standard InChI is InChI=1S/C7H8O2/c1-2-3-6-4-5-9-7(6)8/h1,6H,3-5H2. The molecule has 1 fully saturated rings. The van der Waals surface area contributed by atoms with Crippen molar-refractivity contribution in [3.8, 4) is 12.3 Å². The Morgan fingerprint density at radius 2 is 2.67 bits per heavy atom. The summed E-state index contributed by atoms with van der Waals surface area (Å²) in [5.41, 5.74) is 0. The van der Waals surface area contributed by atoms with Crippen LogP contribution >= 0.6 is 0 Å². The number of hydrogen-bond acceptors (Lipinski definition) is 2. The number of terminal acetylenes is 1. The summed E-state index contributed by atoms with van der Waals surface area (Å²) in [6.07, 6.45) is 6.33. The van der Waals surface area contributed by atoms with Gasteiger partial charge in [-0.05, 0) is 6.42 Å². The average Bonchev–Trinajstić information content (AvgIpc) is 2.18. The van der Waals surface area contributed by atoms with Crippen LogP contribution in [0.5, 0.6) is 0 Å². The molecule has 48 valence electrons. The van der Waals surface area contributed by atoms with Crippen molar-refractivity contribution in [3.05, 3.63) is 0 Å². The minimum Gasteiger partial charge on any atom is -0.465 e. The van der Waals surface area contributed by atoms with Gasteiger partial charge in [-0.3, -0.25) is 4.79 Å². The summed E-state index contributed by atoms with van der Waals surface area (Å²) in [6, 6.07) is 0. The van der Waals surface area contributed by atoms with Gasteiger partial charge in [-0.2, -0.15) is 0 Å². The van der Waals surface area contributed by atoms with Gasteiger partial charge in [0.25, 0.3) is 0 Å². The van der Waals surface area contributed by atoms with Gasteiger partial charge in [-0.25, -0.2) is 0 Å². The van der Waals surface area contributed by atoms with Gasteiger partial charge in [0, 0.05) is 6.42 Å². The van der Waals surface area contributed by atoms with Crippen molar-refractivity contribution < 1.29 is 9.53 Å². The highest BCUT2D eigenvalue weighted by molar-refractivity contribution is 5.74. The molecular weight excluding hydrogens is 116 g/mol. The predicted molar refractivity (Wildman–Crippen MR) is 32.5 cm³/mol. The summed E-state index contributed by atoms with van der Waals surface area (Å²) < 4.78 is 4.68. The number of esters is 1. The highest BCUT2D eigenvalue weighted by Crippen LogP contribution is 2.16. The summed E-state index contributed by atoms with van der Waals surface area (Å²) in [5.74, 6) is 2.29. The molecule has 0 radical (unpaired) electrons. The molecule has 1 aliphatic rings. The zero-order chi connectivity index (χ0) is 6.69. The lowest BCUT2D eigenvalue weighted by Gasteiger charge is -1.95. The maximum Gasteiger partial charge on any atom is 0.310 e. The lowest BCUT2D eigenvalue weighted by Crippen LogP contribution is -2.05. The predicted octanol–water partition coefficient (Wildman–Crippen LogP) is 0.573. The fourth-order valence-corrected chi connectivity index (χ4v) is 0.865. The number of carbonyl (C=O) groups is 1. The second-order valence-corrected chi connectivity index (χ2v) is 2.06. The molecule has 1 aliphatic heterocycles. The molecule has 0 aromatic carbocycles. The van der Waals surface area contributed by atoms with Crippen LogP contribution in [0.25, 0.3) is 0 Å². The fraction of sp³-hybridized carbons (Fsp3) is 0.571. The maximum absolute atomic E-state index is 10.6. The quantitative estimate of drug-likeness (QED) is 0.377.